The quantitative estimate of drug-likeness (QED) is 0.444. The molecule has 1 atom stereocenters. The molecule has 0 saturated carbocycles. The minimum absolute atomic E-state index is 0.160. The van der Waals surface area contributed by atoms with E-state index in [0.717, 1.165) is 47.0 Å². The summed E-state index contributed by atoms with van der Waals surface area (Å²) in [6.07, 6.45) is 6.16. The molecule has 0 bridgehead atoms. The number of hydrogen-bond donors (Lipinski definition) is 0. The highest BCUT2D eigenvalue weighted by molar-refractivity contribution is 5.91. The summed E-state index contributed by atoms with van der Waals surface area (Å²) >= 11 is 0. The Morgan fingerprint density at radius 1 is 0.875 bits per heavy atom. The Balaban J connectivity index is 1.43. The van der Waals surface area contributed by atoms with Crippen LogP contribution in [-0.2, 0) is 13.0 Å². The normalized spacial score (nSPS) is 16.7. The van der Waals surface area contributed by atoms with Crippen LogP contribution in [-0.4, -0.2) is 33.0 Å². The fourth-order valence-corrected chi connectivity index (χ4v) is 4.40. The maximum Gasteiger partial charge on any atom is 0.228 e. The third-order valence-corrected chi connectivity index (χ3v) is 6.01. The van der Waals surface area contributed by atoms with E-state index in [1.54, 1.807) is 0 Å². The number of benzene rings is 2. The summed E-state index contributed by atoms with van der Waals surface area (Å²) in [4.78, 5) is 8.98. The molecule has 0 radical (unpaired) electrons. The maximum atomic E-state index is 6.39. The monoisotopic (exact) mass is 420 g/mol. The van der Waals surface area contributed by atoms with E-state index in [4.69, 9.17) is 14.5 Å². The van der Waals surface area contributed by atoms with Crippen molar-refractivity contribution in [3.63, 3.8) is 0 Å². The molecule has 0 N–H and O–H groups in total. The van der Waals surface area contributed by atoms with E-state index >= 15 is 0 Å². The molecule has 5 heteroatoms. The van der Waals surface area contributed by atoms with E-state index in [9.17, 15) is 0 Å². The lowest BCUT2D eigenvalue weighted by Gasteiger charge is -2.25. The van der Waals surface area contributed by atoms with Gasteiger partial charge in [0.05, 0.1) is 6.42 Å². The van der Waals surface area contributed by atoms with Gasteiger partial charge in [0.2, 0.25) is 17.5 Å². The second-order valence-electron chi connectivity index (χ2n) is 8.03. The fourth-order valence-electron chi connectivity index (χ4n) is 4.40. The first-order valence-corrected chi connectivity index (χ1v) is 10.8. The van der Waals surface area contributed by atoms with E-state index in [0.29, 0.717) is 6.61 Å². The van der Waals surface area contributed by atoms with Gasteiger partial charge in [0.25, 0.3) is 0 Å². The highest BCUT2D eigenvalue weighted by Gasteiger charge is 2.40. The van der Waals surface area contributed by atoms with Crippen LogP contribution in [0.5, 0.6) is 11.5 Å². The third-order valence-electron chi connectivity index (χ3n) is 6.01. The lowest BCUT2D eigenvalue weighted by atomic mass is 10.1. The number of fused-ring (bicyclic) bond motifs is 2. The Morgan fingerprint density at radius 3 is 2.50 bits per heavy atom. The summed E-state index contributed by atoms with van der Waals surface area (Å²) in [5.74, 6) is 1.59. The zero-order valence-corrected chi connectivity index (χ0v) is 17.5. The highest BCUT2D eigenvalue weighted by Crippen LogP contribution is 2.35. The van der Waals surface area contributed by atoms with Crippen molar-refractivity contribution in [1.29, 1.82) is 0 Å². The number of para-hydroxylation sites is 2. The Kier molecular flexibility index (Phi) is 4.65. The average Bonchev–Trinajstić information content (AvgIpc) is 3.22. The van der Waals surface area contributed by atoms with Gasteiger partial charge in [0.1, 0.15) is 12.3 Å². The largest absolute Gasteiger partial charge is 0.485 e. The third kappa shape index (κ3) is 3.42. The van der Waals surface area contributed by atoms with Crippen LogP contribution in [0, 0.1) is 0 Å². The number of hydrogen-bond acceptors (Lipinski definition) is 4. The molecule has 0 aliphatic carbocycles. The molecule has 5 nitrogen and oxygen atoms in total. The molecule has 156 valence electrons. The van der Waals surface area contributed by atoms with Crippen LogP contribution in [0.3, 0.4) is 0 Å². The standard InChI is InChI=1S/C27H22N3O2/c1-2-6-19(7-3-1)17-30-23-14-21(20-10-12-28-13-11-20)16-29-22(23)15-24(30)27-18-31-25-8-4-5-9-26(25)32-27/h1-14,16,27H,15,17-18H2/q+1. The first-order chi connectivity index (χ1) is 15.8. The Bertz CT molecular complexity index is 1300. The molecule has 4 heterocycles. The van der Waals surface area contributed by atoms with Gasteiger partial charge in [-0.05, 0) is 29.8 Å². The second kappa shape index (κ2) is 7.93. The van der Waals surface area contributed by atoms with Crippen LogP contribution < -0.4 is 9.47 Å². The summed E-state index contributed by atoms with van der Waals surface area (Å²) in [5.41, 5.74) is 6.80. The van der Waals surface area contributed by atoms with Crippen LogP contribution in [0.25, 0.3) is 11.1 Å². The molecule has 32 heavy (non-hydrogen) atoms. The van der Waals surface area contributed by atoms with Crippen molar-refractivity contribution in [2.45, 2.75) is 19.1 Å². The number of aromatic nitrogens is 2. The minimum atomic E-state index is -0.160. The van der Waals surface area contributed by atoms with Crippen molar-refractivity contribution in [2.75, 3.05) is 6.61 Å². The van der Waals surface area contributed by atoms with E-state index in [1.807, 2.05) is 61.1 Å². The Hall–Kier alpha value is -3.99. The number of ether oxygens (including phenoxy) is 2. The molecular formula is C27H22N3O2+. The van der Waals surface area contributed by atoms with Crippen molar-refractivity contribution >= 4 is 11.4 Å². The van der Waals surface area contributed by atoms with Gasteiger partial charge in [-0.2, -0.15) is 4.58 Å². The highest BCUT2D eigenvalue weighted by atomic mass is 16.6. The summed E-state index contributed by atoms with van der Waals surface area (Å²) < 4.78 is 14.8. The van der Waals surface area contributed by atoms with Crippen LogP contribution in [0.2, 0.25) is 0 Å². The van der Waals surface area contributed by atoms with Crippen LogP contribution in [0.4, 0.5) is 5.69 Å². The number of rotatable bonds is 4. The molecule has 2 aromatic carbocycles. The molecule has 0 spiro atoms. The fraction of sp³-hybridized carbons (Fsp3) is 0.148. The first-order valence-electron chi connectivity index (χ1n) is 10.8. The number of nitrogens with zero attached hydrogens (tertiary/aromatic N) is 3. The van der Waals surface area contributed by atoms with Crippen molar-refractivity contribution in [3.8, 4) is 22.6 Å². The van der Waals surface area contributed by atoms with Gasteiger partial charge >= 0.3 is 0 Å². The second-order valence-corrected chi connectivity index (χ2v) is 8.03. The zero-order valence-electron chi connectivity index (χ0n) is 17.5. The van der Waals surface area contributed by atoms with Crippen LogP contribution in [0.15, 0.2) is 91.4 Å². The van der Waals surface area contributed by atoms with Crippen molar-refractivity contribution in [1.82, 2.24) is 9.97 Å². The lowest BCUT2D eigenvalue weighted by molar-refractivity contribution is -0.458. The summed E-state index contributed by atoms with van der Waals surface area (Å²) in [6.45, 7) is 1.25. The van der Waals surface area contributed by atoms with Gasteiger partial charge in [-0.3, -0.25) is 9.97 Å². The molecule has 6 rings (SSSR count). The van der Waals surface area contributed by atoms with Gasteiger partial charge in [-0.15, -0.1) is 0 Å². The molecular weight excluding hydrogens is 398 g/mol. The summed E-state index contributed by atoms with van der Waals surface area (Å²) in [5, 5.41) is 0. The molecule has 2 aromatic heterocycles. The van der Waals surface area contributed by atoms with Crippen LogP contribution in [0.1, 0.15) is 11.3 Å². The van der Waals surface area contributed by atoms with E-state index in [-0.39, 0.29) is 6.10 Å². The SMILES string of the molecule is c1ccc(C[N+]2=C(C3COc4ccccc4O3)Cc3ncc(-c4ccncc4)cc32)cc1. The summed E-state index contributed by atoms with van der Waals surface area (Å²) in [6, 6.07) is 24.6. The van der Waals surface area contributed by atoms with Crippen molar-refractivity contribution in [2.24, 2.45) is 0 Å². The van der Waals surface area contributed by atoms with Gasteiger partial charge < -0.3 is 9.47 Å². The van der Waals surface area contributed by atoms with Gasteiger partial charge in [-0.1, -0.05) is 42.5 Å². The molecule has 4 aromatic rings. The predicted octanol–water partition coefficient (Wildman–Crippen LogP) is 4.82. The van der Waals surface area contributed by atoms with Gasteiger partial charge in [-0.25, -0.2) is 0 Å². The molecule has 0 fully saturated rings. The lowest BCUT2D eigenvalue weighted by Crippen LogP contribution is -2.40. The van der Waals surface area contributed by atoms with Gasteiger partial charge in [0.15, 0.2) is 18.0 Å². The van der Waals surface area contributed by atoms with Crippen LogP contribution >= 0.6 is 0 Å². The molecule has 1 unspecified atom stereocenters. The van der Waals surface area contributed by atoms with Gasteiger partial charge in [0, 0.05) is 35.8 Å². The topological polar surface area (TPSA) is 47.2 Å². The zero-order chi connectivity index (χ0) is 21.3. The molecule has 0 saturated heterocycles. The van der Waals surface area contributed by atoms with E-state index in [2.05, 4.69) is 39.9 Å². The maximum absolute atomic E-state index is 6.39. The summed E-state index contributed by atoms with van der Waals surface area (Å²) in [7, 11) is 0. The molecule has 2 aliphatic heterocycles. The minimum Gasteiger partial charge on any atom is -0.485 e. The first kappa shape index (κ1) is 18.8. The smallest absolute Gasteiger partial charge is 0.228 e. The van der Waals surface area contributed by atoms with E-state index < -0.39 is 0 Å². The van der Waals surface area contributed by atoms with Crippen molar-refractivity contribution in [3.05, 3.63) is 103 Å². The van der Waals surface area contributed by atoms with E-state index in [1.165, 1.54) is 11.3 Å². The predicted molar refractivity (Wildman–Crippen MR) is 123 cm³/mol. The van der Waals surface area contributed by atoms with Crippen molar-refractivity contribution < 1.29 is 14.0 Å². The number of pyridine rings is 2. The average molecular weight is 420 g/mol. The molecule has 0 amide bonds. The molecule has 2 aliphatic rings. The Labute approximate surface area is 186 Å². The Morgan fingerprint density at radius 2 is 1.66 bits per heavy atom.